The summed E-state index contributed by atoms with van der Waals surface area (Å²) in [4.78, 5) is 11.7. The van der Waals surface area contributed by atoms with E-state index < -0.39 is 0 Å². The molecule has 4 heteroatoms. The molecule has 1 heterocycles. The van der Waals surface area contributed by atoms with E-state index in [0.29, 0.717) is 6.42 Å². The summed E-state index contributed by atoms with van der Waals surface area (Å²) in [5, 5.41) is 2.19. The Labute approximate surface area is 147 Å². The normalized spacial score (nSPS) is 11.8. The third-order valence-electron chi connectivity index (χ3n) is 3.72. The summed E-state index contributed by atoms with van der Waals surface area (Å²) in [7, 11) is 0. The topological polar surface area (TPSA) is 31.2 Å². The van der Waals surface area contributed by atoms with E-state index in [1.165, 1.54) is 16.5 Å². The Hall–Kier alpha value is -1.29. The summed E-state index contributed by atoms with van der Waals surface area (Å²) in [5.74, 6) is -0.0921. The Morgan fingerprint density at radius 1 is 1.17 bits per heavy atom. The molecule has 0 saturated carbocycles. The van der Waals surface area contributed by atoms with Crippen molar-refractivity contribution in [2.24, 2.45) is 0 Å². The third kappa shape index (κ3) is 5.38. The third-order valence-corrected chi connectivity index (χ3v) is 4.32. The first-order valence-corrected chi connectivity index (χ1v) is 9.37. The molecule has 2 rings (SSSR count). The number of hydrogen-bond acceptors (Lipinski definition) is 2. The van der Waals surface area contributed by atoms with Crippen LogP contribution in [0.1, 0.15) is 52.0 Å². The maximum Gasteiger partial charge on any atom is 0.306 e. The molecule has 0 aliphatic heterocycles. The summed E-state index contributed by atoms with van der Waals surface area (Å²) in [6, 6.07) is 8.51. The SMILES string of the molecule is CC(C)(C)OC(=O)CCCCCn1cc(CBr)c2ccccc21. The van der Waals surface area contributed by atoms with Crippen molar-refractivity contribution in [1.29, 1.82) is 0 Å². The molecule has 2 aromatic rings. The van der Waals surface area contributed by atoms with E-state index in [-0.39, 0.29) is 11.6 Å². The van der Waals surface area contributed by atoms with Gasteiger partial charge < -0.3 is 9.30 Å². The van der Waals surface area contributed by atoms with Gasteiger partial charge in [0, 0.05) is 35.4 Å². The molecular formula is C19H26BrNO2. The summed E-state index contributed by atoms with van der Waals surface area (Å²) in [6.07, 6.45) is 5.74. The summed E-state index contributed by atoms with van der Waals surface area (Å²) in [6.45, 7) is 6.71. The number of halogens is 1. The molecule has 0 fully saturated rings. The molecule has 23 heavy (non-hydrogen) atoms. The molecule has 0 atom stereocenters. The summed E-state index contributed by atoms with van der Waals surface area (Å²) >= 11 is 3.56. The van der Waals surface area contributed by atoms with Crippen LogP contribution >= 0.6 is 15.9 Å². The number of carbonyl (C=O) groups is 1. The Morgan fingerprint density at radius 3 is 2.61 bits per heavy atom. The van der Waals surface area contributed by atoms with E-state index in [0.717, 1.165) is 31.1 Å². The highest BCUT2D eigenvalue weighted by Gasteiger charge is 2.15. The molecule has 126 valence electrons. The average Bonchev–Trinajstić information content (AvgIpc) is 2.83. The van der Waals surface area contributed by atoms with E-state index in [4.69, 9.17) is 4.74 Å². The van der Waals surface area contributed by atoms with Crippen molar-refractivity contribution in [3.8, 4) is 0 Å². The number of para-hydroxylation sites is 1. The molecule has 0 radical (unpaired) electrons. The second kappa shape index (κ2) is 8.00. The second-order valence-electron chi connectivity index (χ2n) is 6.90. The average molecular weight is 380 g/mol. The molecule has 3 nitrogen and oxygen atoms in total. The van der Waals surface area contributed by atoms with E-state index in [9.17, 15) is 4.79 Å². The standard InChI is InChI=1S/C19H26BrNO2/c1-19(2,3)23-18(22)11-5-4-8-12-21-14-15(13-20)16-9-6-7-10-17(16)21/h6-7,9-10,14H,4-5,8,11-13H2,1-3H3. The van der Waals surface area contributed by atoms with Gasteiger partial charge in [-0.3, -0.25) is 4.79 Å². The fraction of sp³-hybridized carbons (Fsp3) is 0.526. The number of ether oxygens (including phenoxy) is 1. The number of nitrogens with zero attached hydrogens (tertiary/aromatic N) is 1. The lowest BCUT2D eigenvalue weighted by Crippen LogP contribution is -2.23. The maximum absolute atomic E-state index is 11.7. The van der Waals surface area contributed by atoms with E-state index in [1.54, 1.807) is 0 Å². The fourth-order valence-corrected chi connectivity index (χ4v) is 3.18. The van der Waals surface area contributed by atoms with Gasteiger partial charge in [0.25, 0.3) is 0 Å². The van der Waals surface area contributed by atoms with Gasteiger partial charge in [0.2, 0.25) is 0 Å². The minimum Gasteiger partial charge on any atom is -0.460 e. The van der Waals surface area contributed by atoms with Crippen LogP contribution < -0.4 is 0 Å². The number of aryl methyl sites for hydroxylation is 1. The Bertz CT molecular complexity index is 655. The van der Waals surface area contributed by atoms with Crippen molar-refractivity contribution >= 4 is 32.8 Å². The van der Waals surface area contributed by atoms with Gasteiger partial charge in [-0.2, -0.15) is 0 Å². The van der Waals surface area contributed by atoms with Crippen LogP contribution in [-0.4, -0.2) is 16.1 Å². The minimum atomic E-state index is -0.382. The molecule has 0 amide bonds. The number of carbonyl (C=O) groups excluding carboxylic acids is 1. The van der Waals surface area contributed by atoms with Gasteiger partial charge in [-0.25, -0.2) is 0 Å². The highest BCUT2D eigenvalue weighted by molar-refractivity contribution is 9.08. The number of aromatic nitrogens is 1. The van der Waals surface area contributed by atoms with Gasteiger partial charge in [0.05, 0.1) is 0 Å². The zero-order valence-electron chi connectivity index (χ0n) is 14.3. The van der Waals surface area contributed by atoms with Gasteiger partial charge in [-0.1, -0.05) is 40.5 Å². The van der Waals surface area contributed by atoms with Crippen LogP contribution in [0.25, 0.3) is 10.9 Å². The van der Waals surface area contributed by atoms with E-state index >= 15 is 0 Å². The number of alkyl halides is 1. The minimum absolute atomic E-state index is 0.0921. The van der Waals surface area contributed by atoms with Crippen molar-refractivity contribution in [2.45, 2.75) is 63.9 Å². The lowest BCUT2D eigenvalue weighted by atomic mass is 10.1. The maximum atomic E-state index is 11.7. The zero-order valence-corrected chi connectivity index (χ0v) is 15.9. The highest BCUT2D eigenvalue weighted by Crippen LogP contribution is 2.23. The Morgan fingerprint density at radius 2 is 1.91 bits per heavy atom. The zero-order chi connectivity index (χ0) is 16.9. The van der Waals surface area contributed by atoms with Crippen LogP contribution in [0.2, 0.25) is 0 Å². The second-order valence-corrected chi connectivity index (χ2v) is 7.46. The molecule has 0 aliphatic carbocycles. The van der Waals surface area contributed by atoms with Gasteiger partial charge in [0.1, 0.15) is 5.60 Å². The van der Waals surface area contributed by atoms with Crippen LogP contribution in [0.15, 0.2) is 30.5 Å². The number of unbranched alkanes of at least 4 members (excludes halogenated alkanes) is 2. The van der Waals surface area contributed by atoms with E-state index in [2.05, 4.69) is 51.0 Å². The summed E-state index contributed by atoms with van der Waals surface area (Å²) < 4.78 is 7.65. The predicted octanol–water partition coefficient (Wildman–Crippen LogP) is 5.44. The highest BCUT2D eigenvalue weighted by atomic mass is 79.9. The monoisotopic (exact) mass is 379 g/mol. The molecule has 0 saturated heterocycles. The predicted molar refractivity (Wildman–Crippen MR) is 98.9 cm³/mol. The van der Waals surface area contributed by atoms with Crippen LogP contribution in [0.4, 0.5) is 0 Å². The lowest BCUT2D eigenvalue weighted by molar-refractivity contribution is -0.154. The number of fused-ring (bicyclic) bond motifs is 1. The molecule has 0 N–H and O–H groups in total. The van der Waals surface area contributed by atoms with Crippen LogP contribution in [-0.2, 0) is 21.4 Å². The first-order valence-electron chi connectivity index (χ1n) is 8.25. The molecular weight excluding hydrogens is 354 g/mol. The van der Waals surface area contributed by atoms with Gasteiger partial charge in [0.15, 0.2) is 0 Å². The van der Waals surface area contributed by atoms with Crippen molar-refractivity contribution in [2.75, 3.05) is 0 Å². The quantitative estimate of drug-likeness (QED) is 0.364. The van der Waals surface area contributed by atoms with Gasteiger partial charge >= 0.3 is 5.97 Å². The molecule has 1 aromatic carbocycles. The first kappa shape index (κ1) is 18.1. The molecule has 1 aromatic heterocycles. The smallest absolute Gasteiger partial charge is 0.306 e. The lowest BCUT2D eigenvalue weighted by Gasteiger charge is -2.19. The number of benzene rings is 1. The summed E-state index contributed by atoms with van der Waals surface area (Å²) in [5.41, 5.74) is 2.23. The molecule has 0 spiro atoms. The van der Waals surface area contributed by atoms with Crippen LogP contribution in [0.3, 0.4) is 0 Å². The Balaban J connectivity index is 1.80. The van der Waals surface area contributed by atoms with Gasteiger partial charge in [-0.15, -0.1) is 0 Å². The van der Waals surface area contributed by atoms with Crippen LogP contribution in [0, 0.1) is 0 Å². The van der Waals surface area contributed by atoms with Crippen molar-refractivity contribution in [3.05, 3.63) is 36.0 Å². The van der Waals surface area contributed by atoms with Crippen molar-refractivity contribution < 1.29 is 9.53 Å². The van der Waals surface area contributed by atoms with Crippen molar-refractivity contribution in [1.82, 2.24) is 4.57 Å². The molecule has 0 unspecified atom stereocenters. The van der Waals surface area contributed by atoms with Crippen LogP contribution in [0.5, 0.6) is 0 Å². The van der Waals surface area contributed by atoms with Crippen molar-refractivity contribution in [3.63, 3.8) is 0 Å². The number of esters is 1. The molecule has 0 bridgehead atoms. The molecule has 0 aliphatic rings. The Kier molecular flexibility index (Phi) is 6.28. The van der Waals surface area contributed by atoms with E-state index in [1.807, 2.05) is 20.8 Å². The first-order chi connectivity index (χ1) is 10.9. The number of rotatable bonds is 7. The van der Waals surface area contributed by atoms with Gasteiger partial charge in [-0.05, 0) is 45.2 Å². The largest absolute Gasteiger partial charge is 0.460 e. The number of hydrogen-bond donors (Lipinski definition) is 0. The fourth-order valence-electron chi connectivity index (χ4n) is 2.74.